The fourth-order valence-electron chi connectivity index (χ4n) is 3.45. The molecule has 128 valence electrons. The summed E-state index contributed by atoms with van der Waals surface area (Å²) < 4.78 is 0. The number of carbonyl (C=O) groups is 2. The lowest BCUT2D eigenvalue weighted by atomic mass is 9.79. The first-order chi connectivity index (χ1) is 11.4. The second-order valence-corrected chi connectivity index (χ2v) is 7.21. The molecule has 3 heterocycles. The number of β-lactam (4-membered cyclic amide) rings is 1. The molecular formula is C16H19N3O4S. The first-order valence-corrected chi connectivity index (χ1v) is 8.78. The number of aliphatic hydroxyl groups is 1. The summed E-state index contributed by atoms with van der Waals surface area (Å²) in [6.45, 7) is 3.50. The standard InChI is InChI=1S/C16H19N3O4S/c1-8-12-11(9(2)20)15(21)19(12)13(16(22)23)14(8)24-6-4-10-3-5-17-7-18-10/h3,5,7-9,11-12,20H,4,6H2,1-2H3,(H,22,23). The fourth-order valence-corrected chi connectivity index (χ4v) is 4.70. The number of carboxylic acids is 1. The van der Waals surface area contributed by atoms with Gasteiger partial charge in [0.25, 0.3) is 0 Å². The van der Waals surface area contributed by atoms with Crippen LogP contribution in [0.15, 0.2) is 29.2 Å². The van der Waals surface area contributed by atoms with Crippen LogP contribution < -0.4 is 0 Å². The number of rotatable bonds is 6. The van der Waals surface area contributed by atoms with Gasteiger partial charge < -0.3 is 15.1 Å². The number of thioether (sulfide) groups is 1. The van der Waals surface area contributed by atoms with E-state index in [1.807, 2.05) is 13.0 Å². The zero-order valence-corrected chi connectivity index (χ0v) is 14.2. The smallest absolute Gasteiger partial charge is 0.353 e. The summed E-state index contributed by atoms with van der Waals surface area (Å²) >= 11 is 1.45. The van der Waals surface area contributed by atoms with E-state index in [9.17, 15) is 19.8 Å². The van der Waals surface area contributed by atoms with Crippen LogP contribution in [0.2, 0.25) is 0 Å². The minimum atomic E-state index is -1.09. The molecule has 1 aromatic rings. The van der Waals surface area contributed by atoms with E-state index in [-0.39, 0.29) is 23.6 Å². The monoisotopic (exact) mass is 349 g/mol. The molecule has 4 unspecified atom stereocenters. The highest BCUT2D eigenvalue weighted by Gasteiger charge is 2.59. The highest BCUT2D eigenvalue weighted by molar-refractivity contribution is 8.03. The van der Waals surface area contributed by atoms with Crippen molar-refractivity contribution in [2.45, 2.75) is 32.4 Å². The number of aliphatic hydroxyl groups excluding tert-OH is 1. The Morgan fingerprint density at radius 3 is 2.83 bits per heavy atom. The van der Waals surface area contributed by atoms with Crippen LogP contribution in [-0.2, 0) is 16.0 Å². The average Bonchev–Trinajstić information content (AvgIpc) is 2.78. The van der Waals surface area contributed by atoms with Gasteiger partial charge in [-0.1, -0.05) is 6.92 Å². The Kier molecular flexibility index (Phi) is 4.60. The summed E-state index contributed by atoms with van der Waals surface area (Å²) in [5, 5.41) is 19.3. The molecule has 1 aromatic heterocycles. The topological polar surface area (TPSA) is 104 Å². The quantitative estimate of drug-likeness (QED) is 0.736. The molecule has 2 N–H and O–H groups in total. The molecule has 2 aliphatic rings. The lowest BCUT2D eigenvalue weighted by Gasteiger charge is -2.46. The van der Waals surface area contributed by atoms with Gasteiger partial charge in [-0.3, -0.25) is 4.79 Å². The Hall–Kier alpha value is -1.93. The highest BCUT2D eigenvalue weighted by Crippen LogP contribution is 2.50. The Labute approximate surface area is 143 Å². The van der Waals surface area contributed by atoms with E-state index in [4.69, 9.17) is 0 Å². The minimum Gasteiger partial charge on any atom is -0.477 e. The maximum atomic E-state index is 12.2. The average molecular weight is 349 g/mol. The van der Waals surface area contributed by atoms with E-state index in [0.717, 1.165) is 5.69 Å². The Balaban J connectivity index is 1.76. The van der Waals surface area contributed by atoms with Gasteiger partial charge >= 0.3 is 5.97 Å². The lowest BCUT2D eigenvalue weighted by molar-refractivity contribution is -0.163. The normalized spacial score (nSPS) is 27.0. The highest BCUT2D eigenvalue weighted by atomic mass is 32.2. The number of hydrogen-bond acceptors (Lipinski definition) is 6. The second kappa shape index (κ2) is 6.52. The molecule has 0 bridgehead atoms. The molecule has 3 rings (SSSR count). The van der Waals surface area contributed by atoms with Crippen LogP contribution in [0.3, 0.4) is 0 Å². The molecule has 4 atom stereocenters. The van der Waals surface area contributed by atoms with Crippen molar-refractivity contribution in [1.82, 2.24) is 14.9 Å². The van der Waals surface area contributed by atoms with Crippen molar-refractivity contribution in [3.63, 3.8) is 0 Å². The molecule has 24 heavy (non-hydrogen) atoms. The van der Waals surface area contributed by atoms with Gasteiger partial charge in [0, 0.05) is 28.5 Å². The summed E-state index contributed by atoms with van der Waals surface area (Å²) in [6, 6.07) is 1.57. The van der Waals surface area contributed by atoms with Crippen LogP contribution in [-0.4, -0.2) is 54.9 Å². The van der Waals surface area contributed by atoms with Crippen molar-refractivity contribution in [3.05, 3.63) is 34.9 Å². The summed E-state index contributed by atoms with van der Waals surface area (Å²) in [5.74, 6) is -1.34. The maximum absolute atomic E-state index is 12.2. The van der Waals surface area contributed by atoms with Gasteiger partial charge in [0.1, 0.15) is 12.0 Å². The molecule has 0 saturated carbocycles. The number of nitrogens with zero attached hydrogens (tertiary/aromatic N) is 3. The first kappa shape index (κ1) is 16.9. The molecule has 0 radical (unpaired) electrons. The molecule has 1 saturated heterocycles. The number of fused-ring (bicyclic) bond motifs is 1. The molecular weight excluding hydrogens is 330 g/mol. The van der Waals surface area contributed by atoms with Crippen molar-refractivity contribution in [2.75, 3.05) is 5.75 Å². The third-order valence-corrected chi connectivity index (χ3v) is 5.85. The number of aromatic nitrogens is 2. The zero-order valence-electron chi connectivity index (χ0n) is 13.4. The summed E-state index contributed by atoms with van der Waals surface area (Å²) in [7, 11) is 0. The van der Waals surface area contributed by atoms with Gasteiger partial charge in [0.05, 0.1) is 18.1 Å². The van der Waals surface area contributed by atoms with E-state index >= 15 is 0 Å². The van der Waals surface area contributed by atoms with E-state index in [1.54, 1.807) is 13.1 Å². The summed E-state index contributed by atoms with van der Waals surface area (Å²) in [5.41, 5.74) is 0.962. The van der Waals surface area contributed by atoms with Gasteiger partial charge in [0.15, 0.2) is 0 Å². The van der Waals surface area contributed by atoms with Gasteiger partial charge in [-0.25, -0.2) is 14.8 Å². The van der Waals surface area contributed by atoms with Gasteiger partial charge in [0.2, 0.25) is 5.91 Å². The molecule has 8 heteroatoms. The predicted octanol–water partition coefficient (Wildman–Crippen LogP) is 0.906. The zero-order chi connectivity index (χ0) is 17.4. The van der Waals surface area contributed by atoms with Crippen LogP contribution in [0, 0.1) is 11.8 Å². The Bertz CT molecular complexity index is 692. The van der Waals surface area contributed by atoms with Crippen LogP contribution in [0.25, 0.3) is 0 Å². The Morgan fingerprint density at radius 2 is 2.25 bits per heavy atom. The molecule has 2 aliphatic heterocycles. The van der Waals surface area contributed by atoms with Crippen molar-refractivity contribution in [2.24, 2.45) is 11.8 Å². The summed E-state index contributed by atoms with van der Waals surface area (Å²) in [4.78, 5) is 34.0. The van der Waals surface area contributed by atoms with Crippen molar-refractivity contribution < 1.29 is 19.8 Å². The van der Waals surface area contributed by atoms with Gasteiger partial charge in [-0.05, 0) is 19.4 Å². The molecule has 1 amide bonds. The van der Waals surface area contributed by atoms with E-state index in [2.05, 4.69) is 9.97 Å². The molecule has 0 spiro atoms. The van der Waals surface area contributed by atoms with Crippen molar-refractivity contribution in [3.8, 4) is 0 Å². The number of hydrogen-bond donors (Lipinski definition) is 2. The predicted molar refractivity (Wildman–Crippen MR) is 87.8 cm³/mol. The second-order valence-electron chi connectivity index (χ2n) is 6.07. The lowest BCUT2D eigenvalue weighted by Crippen LogP contribution is -2.63. The first-order valence-electron chi connectivity index (χ1n) is 7.79. The number of amides is 1. The van der Waals surface area contributed by atoms with Crippen LogP contribution >= 0.6 is 11.8 Å². The molecule has 1 fully saturated rings. The van der Waals surface area contributed by atoms with Crippen LogP contribution in [0.1, 0.15) is 19.5 Å². The number of aryl methyl sites for hydroxylation is 1. The third-order valence-electron chi connectivity index (χ3n) is 4.57. The molecule has 7 nitrogen and oxygen atoms in total. The third kappa shape index (κ3) is 2.69. The molecule has 0 aliphatic carbocycles. The minimum absolute atomic E-state index is 0.0714. The fraction of sp³-hybridized carbons (Fsp3) is 0.500. The van der Waals surface area contributed by atoms with Gasteiger partial charge in [-0.15, -0.1) is 11.8 Å². The Morgan fingerprint density at radius 1 is 1.50 bits per heavy atom. The number of carbonyl (C=O) groups excluding carboxylic acids is 1. The number of aliphatic carboxylic acids is 1. The van der Waals surface area contributed by atoms with Crippen LogP contribution in [0.4, 0.5) is 0 Å². The number of carboxylic acid groups (broad SMARTS) is 1. The van der Waals surface area contributed by atoms with E-state index in [0.29, 0.717) is 17.1 Å². The van der Waals surface area contributed by atoms with E-state index in [1.165, 1.54) is 23.0 Å². The maximum Gasteiger partial charge on any atom is 0.353 e. The summed E-state index contributed by atoms with van der Waals surface area (Å²) in [6.07, 6.45) is 3.07. The van der Waals surface area contributed by atoms with Crippen molar-refractivity contribution in [1.29, 1.82) is 0 Å². The van der Waals surface area contributed by atoms with Crippen LogP contribution in [0.5, 0.6) is 0 Å². The molecule has 0 aromatic carbocycles. The largest absolute Gasteiger partial charge is 0.477 e. The SMILES string of the molecule is CC(O)C1C(=O)N2C(C(=O)O)=C(SCCc3ccncn3)C(C)C12. The van der Waals surface area contributed by atoms with E-state index < -0.39 is 18.0 Å². The van der Waals surface area contributed by atoms with Gasteiger partial charge in [-0.2, -0.15) is 0 Å². The van der Waals surface area contributed by atoms with Crippen molar-refractivity contribution >= 4 is 23.6 Å².